The van der Waals surface area contributed by atoms with Crippen LogP contribution in [0.15, 0.2) is 34.7 Å². The lowest BCUT2D eigenvalue weighted by Crippen LogP contribution is -2.13. The maximum atomic E-state index is 5.82. The molecule has 1 aliphatic heterocycles. The highest BCUT2D eigenvalue weighted by atomic mass is 32.2. The molecule has 15 heavy (non-hydrogen) atoms. The van der Waals surface area contributed by atoms with Crippen molar-refractivity contribution in [1.29, 1.82) is 0 Å². The van der Waals surface area contributed by atoms with Crippen molar-refractivity contribution in [2.24, 2.45) is 0 Å². The first-order valence-corrected chi connectivity index (χ1v) is 6.14. The van der Waals surface area contributed by atoms with Gasteiger partial charge in [-0.05, 0) is 12.1 Å². The molecule has 0 aliphatic carbocycles. The molecule has 1 N–H and O–H groups in total. The number of benzene rings is 1. The summed E-state index contributed by atoms with van der Waals surface area (Å²) in [6.07, 6.45) is 0. The zero-order chi connectivity index (χ0) is 10.3. The van der Waals surface area contributed by atoms with Crippen LogP contribution in [0, 0.1) is 0 Å². The van der Waals surface area contributed by atoms with Crippen LogP contribution in [0.2, 0.25) is 0 Å². The van der Waals surface area contributed by atoms with Crippen LogP contribution < -0.4 is 5.32 Å². The molecule has 2 nitrogen and oxygen atoms in total. The fourth-order valence-corrected chi connectivity index (χ4v) is 3.00. The SMILES string of the molecule is CC1CNC(c2cc3ccccc3o2)S1. The second-order valence-electron chi connectivity index (χ2n) is 3.92. The Balaban J connectivity index is 1.98. The average molecular weight is 219 g/mol. The Bertz CT molecular complexity index is 446. The number of rotatable bonds is 1. The Kier molecular flexibility index (Phi) is 2.22. The monoisotopic (exact) mass is 219 g/mol. The molecule has 2 heterocycles. The summed E-state index contributed by atoms with van der Waals surface area (Å²) in [6, 6.07) is 10.3. The van der Waals surface area contributed by atoms with Gasteiger partial charge in [0, 0.05) is 17.2 Å². The van der Waals surface area contributed by atoms with Crippen molar-refractivity contribution in [2.45, 2.75) is 17.5 Å². The third-order valence-corrected chi connectivity index (χ3v) is 3.96. The Morgan fingerprint density at radius 3 is 3.00 bits per heavy atom. The van der Waals surface area contributed by atoms with Gasteiger partial charge in [0.05, 0.1) is 0 Å². The van der Waals surface area contributed by atoms with Gasteiger partial charge in [0.1, 0.15) is 16.7 Å². The van der Waals surface area contributed by atoms with Crippen LogP contribution in [0.1, 0.15) is 18.1 Å². The normalized spacial score (nSPS) is 26.2. The summed E-state index contributed by atoms with van der Waals surface area (Å²) < 4.78 is 5.82. The van der Waals surface area contributed by atoms with Crippen molar-refractivity contribution in [1.82, 2.24) is 5.32 Å². The lowest BCUT2D eigenvalue weighted by molar-refractivity contribution is 0.520. The van der Waals surface area contributed by atoms with Gasteiger partial charge in [0.2, 0.25) is 0 Å². The number of thioether (sulfide) groups is 1. The van der Waals surface area contributed by atoms with Gasteiger partial charge in [-0.2, -0.15) is 0 Å². The quantitative estimate of drug-likeness (QED) is 0.797. The van der Waals surface area contributed by atoms with Crippen LogP contribution in [0.25, 0.3) is 11.0 Å². The molecule has 2 unspecified atom stereocenters. The molecule has 1 fully saturated rings. The molecular weight excluding hydrogens is 206 g/mol. The van der Waals surface area contributed by atoms with Crippen LogP contribution in [0.3, 0.4) is 0 Å². The summed E-state index contributed by atoms with van der Waals surface area (Å²) >= 11 is 1.93. The van der Waals surface area contributed by atoms with E-state index in [-0.39, 0.29) is 0 Å². The zero-order valence-corrected chi connectivity index (χ0v) is 9.38. The average Bonchev–Trinajstić information content (AvgIpc) is 2.82. The standard InChI is InChI=1S/C12H13NOS/c1-8-7-13-12(15-8)11-6-9-4-2-3-5-10(9)14-11/h2-6,8,12-13H,7H2,1H3. The predicted octanol–water partition coefficient (Wildman–Crippen LogP) is 3.16. The largest absolute Gasteiger partial charge is 0.458 e. The molecule has 1 aromatic heterocycles. The molecule has 1 aliphatic rings. The van der Waals surface area contributed by atoms with E-state index < -0.39 is 0 Å². The van der Waals surface area contributed by atoms with E-state index in [1.165, 1.54) is 5.39 Å². The van der Waals surface area contributed by atoms with Gasteiger partial charge in [-0.15, -0.1) is 11.8 Å². The molecule has 0 spiro atoms. The van der Waals surface area contributed by atoms with Gasteiger partial charge in [-0.3, -0.25) is 5.32 Å². The van der Waals surface area contributed by atoms with Crippen LogP contribution in [0.5, 0.6) is 0 Å². The molecule has 0 amide bonds. The topological polar surface area (TPSA) is 25.2 Å². The molecule has 0 radical (unpaired) electrons. The molecule has 2 atom stereocenters. The van der Waals surface area contributed by atoms with E-state index in [1.807, 2.05) is 30.0 Å². The van der Waals surface area contributed by atoms with Crippen LogP contribution in [0.4, 0.5) is 0 Å². The molecule has 78 valence electrons. The second-order valence-corrected chi connectivity index (χ2v) is 5.47. The first-order valence-electron chi connectivity index (χ1n) is 5.20. The minimum Gasteiger partial charge on any atom is -0.458 e. The summed E-state index contributed by atoms with van der Waals surface area (Å²) in [5.74, 6) is 1.05. The maximum absolute atomic E-state index is 5.82. The number of hydrogen-bond donors (Lipinski definition) is 1. The minimum absolute atomic E-state index is 0.326. The molecule has 1 saturated heterocycles. The van der Waals surface area contributed by atoms with Crippen molar-refractivity contribution >= 4 is 22.7 Å². The van der Waals surface area contributed by atoms with Gasteiger partial charge in [0.25, 0.3) is 0 Å². The summed E-state index contributed by atoms with van der Waals surface area (Å²) in [7, 11) is 0. The van der Waals surface area contributed by atoms with E-state index in [4.69, 9.17) is 4.42 Å². The lowest BCUT2D eigenvalue weighted by Gasteiger charge is -2.04. The first kappa shape index (κ1) is 9.31. The van der Waals surface area contributed by atoms with Gasteiger partial charge < -0.3 is 4.42 Å². The number of para-hydroxylation sites is 1. The van der Waals surface area contributed by atoms with E-state index in [0.717, 1.165) is 17.9 Å². The Morgan fingerprint density at radius 2 is 2.27 bits per heavy atom. The van der Waals surface area contributed by atoms with Gasteiger partial charge in [0.15, 0.2) is 0 Å². The zero-order valence-electron chi connectivity index (χ0n) is 8.57. The highest BCUT2D eigenvalue weighted by Gasteiger charge is 2.25. The molecule has 2 aromatic rings. The fourth-order valence-electron chi connectivity index (χ4n) is 1.90. The first-order chi connectivity index (χ1) is 7.33. The number of fused-ring (bicyclic) bond motifs is 1. The summed E-state index contributed by atoms with van der Waals surface area (Å²) in [4.78, 5) is 0. The number of furan rings is 1. The molecule has 0 saturated carbocycles. The fraction of sp³-hybridized carbons (Fsp3) is 0.333. The summed E-state index contributed by atoms with van der Waals surface area (Å²) in [6.45, 7) is 3.30. The molecule has 3 heteroatoms. The van der Waals surface area contributed by atoms with E-state index in [0.29, 0.717) is 10.6 Å². The van der Waals surface area contributed by atoms with Crippen molar-refractivity contribution in [3.63, 3.8) is 0 Å². The number of nitrogens with one attached hydrogen (secondary N) is 1. The van der Waals surface area contributed by atoms with E-state index >= 15 is 0 Å². The second kappa shape index (κ2) is 3.58. The van der Waals surface area contributed by atoms with Crippen molar-refractivity contribution in [3.05, 3.63) is 36.1 Å². The third kappa shape index (κ3) is 1.66. The minimum atomic E-state index is 0.326. The Morgan fingerprint density at radius 1 is 1.40 bits per heavy atom. The lowest BCUT2D eigenvalue weighted by atomic mass is 10.2. The highest BCUT2D eigenvalue weighted by Crippen LogP contribution is 2.36. The Labute approximate surface area is 93.0 Å². The van der Waals surface area contributed by atoms with E-state index in [9.17, 15) is 0 Å². The highest BCUT2D eigenvalue weighted by molar-refractivity contribution is 8.00. The predicted molar refractivity (Wildman–Crippen MR) is 64.0 cm³/mol. The number of hydrogen-bond acceptors (Lipinski definition) is 3. The smallest absolute Gasteiger partial charge is 0.134 e. The van der Waals surface area contributed by atoms with Crippen LogP contribution in [-0.2, 0) is 0 Å². The van der Waals surface area contributed by atoms with Crippen molar-refractivity contribution in [3.8, 4) is 0 Å². The van der Waals surface area contributed by atoms with Crippen LogP contribution in [-0.4, -0.2) is 11.8 Å². The molecule has 0 bridgehead atoms. The van der Waals surface area contributed by atoms with Gasteiger partial charge >= 0.3 is 0 Å². The van der Waals surface area contributed by atoms with Crippen molar-refractivity contribution in [2.75, 3.05) is 6.54 Å². The van der Waals surface area contributed by atoms with Gasteiger partial charge in [-0.25, -0.2) is 0 Å². The van der Waals surface area contributed by atoms with E-state index in [1.54, 1.807) is 0 Å². The third-order valence-electron chi connectivity index (χ3n) is 2.66. The molecule has 3 rings (SSSR count). The summed E-state index contributed by atoms with van der Waals surface area (Å²) in [5, 5.41) is 5.64. The summed E-state index contributed by atoms with van der Waals surface area (Å²) in [5.41, 5.74) is 0.981. The van der Waals surface area contributed by atoms with Gasteiger partial charge in [-0.1, -0.05) is 25.1 Å². The van der Waals surface area contributed by atoms with Crippen molar-refractivity contribution < 1.29 is 4.42 Å². The Hall–Kier alpha value is -0.930. The molecular formula is C12H13NOS. The maximum Gasteiger partial charge on any atom is 0.134 e. The molecule has 1 aromatic carbocycles. The van der Waals surface area contributed by atoms with Crippen LogP contribution >= 0.6 is 11.8 Å². The van der Waals surface area contributed by atoms with E-state index in [2.05, 4.69) is 24.4 Å².